The number of nitrogens with two attached hydrogens (primary N) is 1. The molecule has 0 saturated heterocycles. The summed E-state index contributed by atoms with van der Waals surface area (Å²) in [5.41, 5.74) is 6.03. The van der Waals surface area contributed by atoms with E-state index in [1.807, 2.05) is 36.4 Å². The first kappa shape index (κ1) is 25.1. The van der Waals surface area contributed by atoms with Gasteiger partial charge in [-0.15, -0.1) is 0 Å². The van der Waals surface area contributed by atoms with E-state index in [0.29, 0.717) is 5.69 Å². The highest BCUT2D eigenvalue weighted by Gasteiger charge is 2.24. The van der Waals surface area contributed by atoms with Crippen molar-refractivity contribution in [1.82, 2.24) is 14.0 Å². The van der Waals surface area contributed by atoms with E-state index < -0.39 is 17.0 Å². The number of hydrogen-bond acceptors (Lipinski definition) is 6. The molecule has 3 rings (SSSR count). The summed E-state index contributed by atoms with van der Waals surface area (Å²) in [4.78, 5) is 52.7. The Morgan fingerprint density at radius 2 is 1.65 bits per heavy atom. The van der Waals surface area contributed by atoms with Crippen molar-refractivity contribution in [1.29, 1.82) is 0 Å². The quantitative estimate of drug-likeness (QED) is 0.411. The van der Waals surface area contributed by atoms with Gasteiger partial charge in [-0.3, -0.25) is 28.4 Å². The zero-order chi connectivity index (χ0) is 24.8. The molecule has 0 bridgehead atoms. The number of ketones is 1. The van der Waals surface area contributed by atoms with E-state index >= 15 is 0 Å². The molecule has 0 spiro atoms. The minimum atomic E-state index is -0.731. The second-order valence-electron chi connectivity index (χ2n) is 7.79. The minimum absolute atomic E-state index is 0.0847. The normalized spacial score (nSPS) is 10.9. The monoisotopic (exact) mass is 527 g/mol. The van der Waals surface area contributed by atoms with Crippen molar-refractivity contribution in [2.24, 2.45) is 0 Å². The van der Waals surface area contributed by atoms with Gasteiger partial charge in [0.15, 0.2) is 5.78 Å². The summed E-state index contributed by atoms with van der Waals surface area (Å²) in [6.07, 6.45) is 0. The number of nitrogens with one attached hydrogen (secondary N) is 1. The molecule has 0 atom stereocenters. The summed E-state index contributed by atoms with van der Waals surface area (Å²) in [7, 11) is 1.59. The molecule has 0 aliphatic rings. The van der Waals surface area contributed by atoms with Crippen LogP contribution in [-0.4, -0.2) is 45.9 Å². The Kier molecular flexibility index (Phi) is 8.19. The molecule has 3 N–H and O–H groups in total. The number of likely N-dealkylation sites (N-methyl/N-ethyl adjacent to an activating group) is 1. The van der Waals surface area contributed by atoms with E-state index in [0.717, 1.165) is 14.6 Å². The van der Waals surface area contributed by atoms with Crippen molar-refractivity contribution < 1.29 is 9.59 Å². The Labute approximate surface area is 204 Å². The fraction of sp³-hybridized carbons (Fsp3) is 0.250. The molecule has 1 aromatic heterocycles. The van der Waals surface area contributed by atoms with Crippen LogP contribution in [0, 0.1) is 0 Å². The highest BCUT2D eigenvalue weighted by atomic mass is 79.9. The highest BCUT2D eigenvalue weighted by molar-refractivity contribution is 9.10. The molecule has 0 aliphatic carbocycles. The smallest absolute Gasteiger partial charge is 0.332 e. The number of aromatic nitrogens is 2. The second kappa shape index (κ2) is 11.1. The van der Waals surface area contributed by atoms with Gasteiger partial charge >= 0.3 is 5.69 Å². The number of rotatable bonds is 9. The molecule has 2 aromatic carbocycles. The third-order valence-corrected chi connectivity index (χ3v) is 5.91. The molecule has 10 heteroatoms. The lowest BCUT2D eigenvalue weighted by Crippen LogP contribution is -2.45. The van der Waals surface area contributed by atoms with Crippen molar-refractivity contribution in [2.75, 3.05) is 31.2 Å². The number of para-hydroxylation sites is 1. The van der Waals surface area contributed by atoms with Crippen LogP contribution in [0.1, 0.15) is 22.8 Å². The van der Waals surface area contributed by atoms with Crippen molar-refractivity contribution >= 4 is 39.1 Å². The first-order valence-electron chi connectivity index (χ1n) is 10.7. The average Bonchev–Trinajstić information content (AvgIpc) is 2.79. The van der Waals surface area contributed by atoms with E-state index in [-0.39, 0.29) is 43.5 Å². The summed E-state index contributed by atoms with van der Waals surface area (Å²) in [6, 6.07) is 16.3. The van der Waals surface area contributed by atoms with Crippen LogP contribution in [-0.2, 0) is 17.9 Å². The lowest BCUT2D eigenvalue weighted by atomic mass is 10.1. The number of nitrogen functional groups attached to an aromatic ring is 1. The summed E-state index contributed by atoms with van der Waals surface area (Å²) in [6.45, 7) is 1.56. The number of halogens is 1. The van der Waals surface area contributed by atoms with Crippen LogP contribution >= 0.6 is 15.9 Å². The maximum Gasteiger partial charge on any atom is 0.332 e. The van der Waals surface area contributed by atoms with E-state index in [4.69, 9.17) is 5.73 Å². The molecule has 178 valence electrons. The molecule has 3 aromatic rings. The largest absolute Gasteiger partial charge is 0.384 e. The molecule has 0 radical (unpaired) electrons. The summed E-state index contributed by atoms with van der Waals surface area (Å²) < 4.78 is 2.95. The number of nitrogens with zero attached hydrogens (tertiary/aromatic N) is 3. The van der Waals surface area contributed by atoms with Crippen LogP contribution < -0.4 is 22.3 Å². The maximum atomic E-state index is 13.1. The van der Waals surface area contributed by atoms with Gasteiger partial charge < -0.3 is 11.1 Å². The van der Waals surface area contributed by atoms with Crippen LogP contribution in [0.25, 0.3) is 0 Å². The van der Waals surface area contributed by atoms with Gasteiger partial charge in [0.25, 0.3) is 5.56 Å². The molecule has 1 heterocycles. The number of hydrogen-bond donors (Lipinski definition) is 2. The Morgan fingerprint density at radius 3 is 2.29 bits per heavy atom. The second-order valence-corrected chi connectivity index (χ2v) is 8.64. The van der Waals surface area contributed by atoms with Crippen molar-refractivity contribution in [2.45, 2.75) is 20.0 Å². The van der Waals surface area contributed by atoms with Crippen molar-refractivity contribution in [3.63, 3.8) is 0 Å². The molecule has 9 nitrogen and oxygen atoms in total. The van der Waals surface area contributed by atoms with Crippen molar-refractivity contribution in [3.05, 3.63) is 91.0 Å². The first-order chi connectivity index (χ1) is 16.2. The standard InChI is InChI=1S/C24H26BrN5O4/c1-3-29-23(33)21(22(26)30(24(29)34)13-16-9-5-4-6-10-16)19(31)14-28(2)15-20(32)27-18-12-8-7-11-17(18)25/h4-12H,3,13-15,26H2,1-2H3,(H,27,32). The van der Waals surface area contributed by atoms with Gasteiger partial charge in [0.2, 0.25) is 5.91 Å². The number of benzene rings is 2. The molecular weight excluding hydrogens is 502 g/mol. The maximum absolute atomic E-state index is 13.1. The fourth-order valence-electron chi connectivity index (χ4n) is 3.55. The lowest BCUT2D eigenvalue weighted by molar-refractivity contribution is -0.116. The van der Waals surface area contributed by atoms with E-state index in [9.17, 15) is 19.2 Å². The summed E-state index contributed by atoms with van der Waals surface area (Å²) in [5, 5.41) is 2.76. The van der Waals surface area contributed by atoms with Gasteiger partial charge in [-0.05, 0) is 47.6 Å². The van der Waals surface area contributed by atoms with Crippen LogP contribution in [0.3, 0.4) is 0 Å². The van der Waals surface area contributed by atoms with Gasteiger partial charge in [-0.2, -0.15) is 0 Å². The number of anilines is 2. The summed E-state index contributed by atoms with van der Waals surface area (Å²) >= 11 is 3.37. The molecule has 0 aliphatic heterocycles. The number of carbonyl (C=O) groups is 2. The predicted octanol–water partition coefficient (Wildman–Crippen LogP) is 2.18. The van der Waals surface area contributed by atoms with Gasteiger partial charge in [0, 0.05) is 11.0 Å². The van der Waals surface area contributed by atoms with Crippen LogP contribution in [0.2, 0.25) is 0 Å². The minimum Gasteiger partial charge on any atom is -0.384 e. The fourth-order valence-corrected chi connectivity index (χ4v) is 3.94. The van der Waals surface area contributed by atoms with Crippen molar-refractivity contribution in [3.8, 4) is 0 Å². The molecule has 1 amide bonds. The zero-order valence-electron chi connectivity index (χ0n) is 19.0. The van der Waals surface area contributed by atoms with Gasteiger partial charge in [-0.25, -0.2) is 4.79 Å². The molecule has 0 unspecified atom stereocenters. The Hall–Kier alpha value is -3.50. The van der Waals surface area contributed by atoms with Gasteiger partial charge in [0.05, 0.1) is 25.3 Å². The third kappa shape index (κ3) is 5.70. The topological polar surface area (TPSA) is 119 Å². The highest BCUT2D eigenvalue weighted by Crippen LogP contribution is 2.21. The predicted molar refractivity (Wildman–Crippen MR) is 135 cm³/mol. The Morgan fingerprint density at radius 1 is 1.00 bits per heavy atom. The average molecular weight is 528 g/mol. The van der Waals surface area contributed by atoms with Gasteiger partial charge in [0.1, 0.15) is 11.4 Å². The number of Topliss-reactive ketones (excluding diaryl/α,β-unsaturated/α-hetero) is 1. The number of carbonyl (C=O) groups excluding carboxylic acids is 2. The van der Waals surface area contributed by atoms with Crippen LogP contribution in [0.5, 0.6) is 0 Å². The SMILES string of the molecule is CCn1c(=O)c(C(=O)CN(C)CC(=O)Nc2ccccc2Br)c(N)n(Cc2ccccc2)c1=O. The number of amides is 1. The molecule has 34 heavy (non-hydrogen) atoms. The van der Waals surface area contributed by atoms with E-state index in [1.54, 1.807) is 32.2 Å². The summed E-state index contributed by atoms with van der Waals surface area (Å²) in [5.74, 6) is -1.07. The zero-order valence-corrected chi connectivity index (χ0v) is 20.5. The van der Waals surface area contributed by atoms with E-state index in [1.165, 1.54) is 9.47 Å². The first-order valence-corrected chi connectivity index (χ1v) is 11.4. The molecule has 0 fully saturated rings. The van der Waals surface area contributed by atoms with Crippen LogP contribution in [0.15, 0.2) is 68.7 Å². The Balaban J connectivity index is 1.82. The van der Waals surface area contributed by atoms with Crippen LogP contribution in [0.4, 0.5) is 11.5 Å². The third-order valence-electron chi connectivity index (χ3n) is 5.22. The molecular formula is C24H26BrN5O4. The van der Waals surface area contributed by atoms with Gasteiger partial charge in [-0.1, -0.05) is 42.5 Å². The van der Waals surface area contributed by atoms with E-state index in [2.05, 4.69) is 21.2 Å². The Bertz CT molecular complexity index is 1320. The molecule has 0 saturated carbocycles. The lowest BCUT2D eigenvalue weighted by Gasteiger charge is -2.19.